The minimum absolute atomic E-state index is 0.0273. The number of nitro groups is 1. The van der Waals surface area contributed by atoms with Crippen LogP contribution in [0.4, 0.5) is 10.5 Å². The SMILES string of the molecule is COc1cc(/C=C2\SC(=O)N(Cc3cccc(Cl)c3)C2=O)cc(Cl)c1OCc1cccc([N+](=O)[O-])c1. The van der Waals surface area contributed by atoms with Crippen LogP contribution in [0.1, 0.15) is 16.7 Å². The Kier molecular flexibility index (Phi) is 7.83. The van der Waals surface area contributed by atoms with Crippen molar-refractivity contribution in [2.45, 2.75) is 13.2 Å². The molecule has 0 spiro atoms. The average molecular weight is 545 g/mol. The average Bonchev–Trinajstić information content (AvgIpc) is 3.10. The van der Waals surface area contributed by atoms with E-state index in [-0.39, 0.29) is 39.8 Å². The molecule has 0 saturated carbocycles. The number of non-ortho nitro benzene ring substituents is 1. The van der Waals surface area contributed by atoms with Gasteiger partial charge in [0.25, 0.3) is 16.8 Å². The molecule has 1 fully saturated rings. The summed E-state index contributed by atoms with van der Waals surface area (Å²) in [6.07, 6.45) is 1.56. The van der Waals surface area contributed by atoms with Crippen LogP contribution < -0.4 is 9.47 Å². The van der Waals surface area contributed by atoms with Crippen molar-refractivity contribution in [1.82, 2.24) is 4.90 Å². The van der Waals surface area contributed by atoms with Crippen molar-refractivity contribution < 1.29 is 24.0 Å². The maximum absolute atomic E-state index is 12.9. The summed E-state index contributed by atoms with van der Waals surface area (Å²) < 4.78 is 11.2. The molecule has 0 N–H and O–H groups in total. The molecule has 2 amide bonds. The van der Waals surface area contributed by atoms with Crippen molar-refractivity contribution in [2.75, 3.05) is 7.11 Å². The molecule has 1 aliphatic heterocycles. The molecule has 0 aliphatic carbocycles. The molecule has 0 aromatic heterocycles. The minimum atomic E-state index is -0.484. The topological polar surface area (TPSA) is 99.0 Å². The zero-order chi connectivity index (χ0) is 25.8. The van der Waals surface area contributed by atoms with Gasteiger partial charge in [0.15, 0.2) is 11.5 Å². The summed E-state index contributed by atoms with van der Waals surface area (Å²) >= 11 is 13.3. The number of nitro benzene ring substituents is 1. The largest absolute Gasteiger partial charge is 0.493 e. The van der Waals surface area contributed by atoms with E-state index in [9.17, 15) is 19.7 Å². The number of ether oxygens (including phenoxy) is 2. The number of halogens is 2. The Morgan fingerprint density at radius 2 is 1.81 bits per heavy atom. The lowest BCUT2D eigenvalue weighted by atomic mass is 10.1. The molecule has 0 radical (unpaired) electrons. The molecule has 184 valence electrons. The van der Waals surface area contributed by atoms with E-state index in [0.29, 0.717) is 21.9 Å². The van der Waals surface area contributed by atoms with Gasteiger partial charge in [-0.15, -0.1) is 0 Å². The first-order chi connectivity index (χ1) is 17.2. The summed E-state index contributed by atoms with van der Waals surface area (Å²) in [6.45, 7) is 0.135. The van der Waals surface area contributed by atoms with E-state index in [1.165, 1.54) is 19.2 Å². The van der Waals surface area contributed by atoms with Crippen LogP contribution in [0, 0.1) is 10.1 Å². The number of hydrogen-bond donors (Lipinski definition) is 0. The molecule has 4 rings (SSSR count). The number of carbonyl (C=O) groups excluding carboxylic acids is 2. The standard InChI is InChI=1S/C25H18Cl2N2O6S/c1-34-21-11-17(10-20(27)23(21)35-14-16-5-3-7-19(9-16)29(32)33)12-22-24(30)28(25(31)36-22)13-15-4-2-6-18(26)8-15/h2-12H,13-14H2,1H3/b22-12-. The molecule has 1 aliphatic rings. The first kappa shape index (κ1) is 25.6. The fourth-order valence-electron chi connectivity index (χ4n) is 3.48. The van der Waals surface area contributed by atoms with Gasteiger partial charge in [-0.05, 0) is 58.8 Å². The number of imide groups is 1. The number of thioether (sulfide) groups is 1. The second-order valence-electron chi connectivity index (χ2n) is 7.65. The van der Waals surface area contributed by atoms with Crippen molar-refractivity contribution in [3.63, 3.8) is 0 Å². The van der Waals surface area contributed by atoms with Gasteiger partial charge in [0.1, 0.15) is 6.61 Å². The van der Waals surface area contributed by atoms with Gasteiger partial charge in [-0.25, -0.2) is 0 Å². The molecule has 8 nitrogen and oxygen atoms in total. The second-order valence-corrected chi connectivity index (χ2v) is 9.48. The van der Waals surface area contributed by atoms with Crippen LogP contribution in [0.15, 0.2) is 65.6 Å². The van der Waals surface area contributed by atoms with E-state index in [2.05, 4.69) is 0 Å². The summed E-state index contributed by atoms with van der Waals surface area (Å²) in [6, 6.07) is 16.2. The molecule has 0 bridgehead atoms. The third-order valence-corrected chi connectivity index (χ3v) is 6.58. The lowest BCUT2D eigenvalue weighted by Gasteiger charge is -2.14. The van der Waals surface area contributed by atoms with Crippen LogP contribution >= 0.6 is 35.0 Å². The fourth-order valence-corrected chi connectivity index (χ4v) is 4.81. The van der Waals surface area contributed by atoms with Crippen LogP contribution in [0.5, 0.6) is 11.5 Å². The molecule has 3 aromatic rings. The highest BCUT2D eigenvalue weighted by Crippen LogP contribution is 2.39. The van der Waals surface area contributed by atoms with E-state index in [1.54, 1.807) is 54.6 Å². The van der Waals surface area contributed by atoms with Crippen LogP contribution in [-0.2, 0) is 17.9 Å². The normalized spacial score (nSPS) is 14.4. The lowest BCUT2D eigenvalue weighted by molar-refractivity contribution is -0.384. The van der Waals surface area contributed by atoms with Gasteiger partial charge in [0.05, 0.1) is 28.5 Å². The number of nitrogens with zero attached hydrogens (tertiary/aromatic N) is 2. The summed E-state index contributed by atoms with van der Waals surface area (Å²) in [5, 5.41) is 11.3. The zero-order valence-electron chi connectivity index (χ0n) is 18.8. The Bertz CT molecular complexity index is 1390. The third kappa shape index (κ3) is 5.81. The van der Waals surface area contributed by atoms with Gasteiger partial charge >= 0.3 is 0 Å². The summed E-state index contributed by atoms with van der Waals surface area (Å²) in [7, 11) is 1.44. The van der Waals surface area contributed by atoms with Crippen LogP contribution in [-0.4, -0.2) is 28.1 Å². The molecule has 3 aromatic carbocycles. The third-order valence-electron chi connectivity index (χ3n) is 5.16. The lowest BCUT2D eigenvalue weighted by Crippen LogP contribution is -2.27. The predicted molar refractivity (Wildman–Crippen MR) is 138 cm³/mol. The van der Waals surface area contributed by atoms with E-state index in [4.69, 9.17) is 32.7 Å². The number of benzene rings is 3. The predicted octanol–water partition coefficient (Wildman–Crippen LogP) is 6.73. The van der Waals surface area contributed by atoms with Crippen molar-refractivity contribution in [3.05, 3.63) is 102 Å². The van der Waals surface area contributed by atoms with Gasteiger partial charge in [-0.1, -0.05) is 47.5 Å². The Balaban J connectivity index is 1.53. The Hall–Kier alpha value is -3.53. The Labute approximate surface area is 220 Å². The number of amides is 2. The van der Waals surface area contributed by atoms with Crippen molar-refractivity contribution in [2.24, 2.45) is 0 Å². The smallest absolute Gasteiger partial charge is 0.293 e. The number of hydrogen-bond acceptors (Lipinski definition) is 7. The van der Waals surface area contributed by atoms with Gasteiger partial charge in [0.2, 0.25) is 0 Å². The maximum atomic E-state index is 12.9. The van der Waals surface area contributed by atoms with Gasteiger partial charge in [0, 0.05) is 17.2 Å². The molecule has 0 unspecified atom stereocenters. The Morgan fingerprint density at radius 1 is 1.06 bits per heavy atom. The van der Waals surface area contributed by atoms with Gasteiger partial charge in [-0.3, -0.25) is 24.6 Å². The molecule has 36 heavy (non-hydrogen) atoms. The highest BCUT2D eigenvalue weighted by atomic mass is 35.5. The van der Waals surface area contributed by atoms with Crippen LogP contribution in [0.25, 0.3) is 6.08 Å². The molecule has 1 heterocycles. The highest BCUT2D eigenvalue weighted by Gasteiger charge is 2.35. The fraction of sp³-hybridized carbons (Fsp3) is 0.120. The van der Waals surface area contributed by atoms with E-state index in [1.807, 2.05) is 0 Å². The summed E-state index contributed by atoms with van der Waals surface area (Å²) in [5.41, 5.74) is 1.81. The van der Waals surface area contributed by atoms with E-state index < -0.39 is 10.8 Å². The minimum Gasteiger partial charge on any atom is -0.493 e. The zero-order valence-corrected chi connectivity index (χ0v) is 21.1. The quantitative estimate of drug-likeness (QED) is 0.176. The van der Waals surface area contributed by atoms with Gasteiger partial charge in [-0.2, -0.15) is 0 Å². The molecule has 0 atom stereocenters. The molecular weight excluding hydrogens is 527 g/mol. The first-order valence-electron chi connectivity index (χ1n) is 10.5. The van der Waals surface area contributed by atoms with E-state index in [0.717, 1.165) is 22.2 Å². The van der Waals surface area contributed by atoms with Crippen molar-refractivity contribution in [1.29, 1.82) is 0 Å². The molecule has 1 saturated heterocycles. The monoisotopic (exact) mass is 544 g/mol. The number of methoxy groups -OCH3 is 1. The number of rotatable bonds is 8. The highest BCUT2D eigenvalue weighted by molar-refractivity contribution is 8.18. The molecule has 11 heteroatoms. The maximum Gasteiger partial charge on any atom is 0.293 e. The van der Waals surface area contributed by atoms with Gasteiger partial charge < -0.3 is 9.47 Å². The van der Waals surface area contributed by atoms with Crippen LogP contribution in [0.2, 0.25) is 10.0 Å². The first-order valence-corrected chi connectivity index (χ1v) is 12.1. The van der Waals surface area contributed by atoms with Crippen LogP contribution in [0.3, 0.4) is 0 Å². The summed E-state index contributed by atoms with van der Waals surface area (Å²) in [4.78, 5) is 37.3. The van der Waals surface area contributed by atoms with Crippen molar-refractivity contribution >= 4 is 57.9 Å². The number of carbonyl (C=O) groups is 2. The Morgan fingerprint density at radius 3 is 2.53 bits per heavy atom. The second kappa shape index (κ2) is 11.0. The summed E-state index contributed by atoms with van der Waals surface area (Å²) in [5.74, 6) is 0.125. The van der Waals surface area contributed by atoms with Crippen molar-refractivity contribution in [3.8, 4) is 11.5 Å². The molecular formula is C25H18Cl2N2O6S. The van der Waals surface area contributed by atoms with E-state index >= 15 is 0 Å².